The Morgan fingerprint density at radius 1 is 1.26 bits per heavy atom. The molecule has 124 valence electrons. The molecule has 7 heteroatoms. The first-order chi connectivity index (χ1) is 10.8. The fourth-order valence-corrected chi connectivity index (χ4v) is 2.25. The number of aliphatic carboxylic acids is 1. The van der Waals surface area contributed by atoms with Crippen molar-refractivity contribution in [1.29, 1.82) is 5.26 Å². The SMILES string of the molecule is CCOC(=O)CCC(C#N)(CCC(=O)O)c1ccc(F)c(F)c1. The molecule has 0 bridgehead atoms. The smallest absolute Gasteiger partial charge is 0.305 e. The zero-order valence-electron chi connectivity index (χ0n) is 12.6. The quantitative estimate of drug-likeness (QED) is 0.743. The molecule has 23 heavy (non-hydrogen) atoms. The number of hydrogen-bond donors (Lipinski definition) is 1. The van der Waals surface area contributed by atoms with Gasteiger partial charge in [-0.15, -0.1) is 0 Å². The molecule has 0 aliphatic carbocycles. The Labute approximate surface area is 132 Å². The third-order valence-corrected chi connectivity index (χ3v) is 3.51. The number of carbonyl (C=O) groups is 2. The van der Waals surface area contributed by atoms with Crippen molar-refractivity contribution in [2.75, 3.05) is 6.61 Å². The zero-order chi connectivity index (χ0) is 17.5. The van der Waals surface area contributed by atoms with E-state index in [0.717, 1.165) is 12.1 Å². The van der Waals surface area contributed by atoms with Crippen molar-refractivity contribution >= 4 is 11.9 Å². The van der Waals surface area contributed by atoms with Crippen molar-refractivity contribution in [1.82, 2.24) is 0 Å². The average molecular weight is 325 g/mol. The molecule has 0 heterocycles. The summed E-state index contributed by atoms with van der Waals surface area (Å²) in [6, 6.07) is 4.95. The van der Waals surface area contributed by atoms with Crippen LogP contribution in [0.25, 0.3) is 0 Å². The van der Waals surface area contributed by atoms with Gasteiger partial charge in [-0.05, 0) is 37.5 Å². The average Bonchev–Trinajstić information content (AvgIpc) is 2.51. The molecule has 0 saturated heterocycles. The minimum absolute atomic E-state index is 0.0410. The van der Waals surface area contributed by atoms with Crippen LogP contribution < -0.4 is 0 Å². The van der Waals surface area contributed by atoms with Gasteiger partial charge in [-0.3, -0.25) is 9.59 Å². The summed E-state index contributed by atoms with van der Waals surface area (Å²) in [4.78, 5) is 22.3. The summed E-state index contributed by atoms with van der Waals surface area (Å²) in [6.07, 6.45) is -0.626. The molecule has 5 nitrogen and oxygen atoms in total. The Morgan fingerprint density at radius 2 is 1.91 bits per heavy atom. The summed E-state index contributed by atoms with van der Waals surface area (Å²) < 4.78 is 31.4. The van der Waals surface area contributed by atoms with Crippen LogP contribution in [0, 0.1) is 23.0 Å². The number of ether oxygens (including phenoxy) is 1. The molecule has 0 saturated carbocycles. The van der Waals surface area contributed by atoms with Gasteiger partial charge < -0.3 is 9.84 Å². The van der Waals surface area contributed by atoms with E-state index in [4.69, 9.17) is 9.84 Å². The second kappa shape index (κ2) is 8.22. The molecule has 0 aliphatic heterocycles. The molecule has 1 rings (SSSR count). The lowest BCUT2D eigenvalue weighted by Crippen LogP contribution is -2.27. The fraction of sp³-hybridized carbons (Fsp3) is 0.438. The van der Waals surface area contributed by atoms with E-state index in [2.05, 4.69) is 0 Å². The largest absolute Gasteiger partial charge is 0.481 e. The summed E-state index contributed by atoms with van der Waals surface area (Å²) in [5.74, 6) is -3.86. The fourth-order valence-electron chi connectivity index (χ4n) is 2.25. The Balaban J connectivity index is 3.12. The molecule has 1 atom stereocenters. The Morgan fingerprint density at radius 3 is 2.43 bits per heavy atom. The van der Waals surface area contributed by atoms with E-state index in [-0.39, 0.29) is 37.9 Å². The van der Waals surface area contributed by atoms with Crippen LogP contribution in [0.1, 0.15) is 38.2 Å². The number of carbonyl (C=O) groups excluding carboxylic acids is 1. The van der Waals surface area contributed by atoms with Crippen LogP contribution in [0.2, 0.25) is 0 Å². The maximum atomic E-state index is 13.5. The summed E-state index contributed by atoms with van der Waals surface area (Å²) >= 11 is 0. The van der Waals surface area contributed by atoms with Crippen molar-refractivity contribution < 1.29 is 28.2 Å². The summed E-state index contributed by atoms with van der Waals surface area (Å²) in [5, 5.41) is 18.4. The third kappa shape index (κ3) is 5.02. The lowest BCUT2D eigenvalue weighted by atomic mass is 9.74. The van der Waals surface area contributed by atoms with Crippen LogP contribution in [0.15, 0.2) is 18.2 Å². The molecular weight excluding hydrogens is 308 g/mol. The number of hydrogen-bond acceptors (Lipinski definition) is 4. The van der Waals surface area contributed by atoms with E-state index >= 15 is 0 Å². The highest BCUT2D eigenvalue weighted by Crippen LogP contribution is 2.35. The highest BCUT2D eigenvalue weighted by atomic mass is 19.2. The van der Waals surface area contributed by atoms with E-state index in [9.17, 15) is 23.6 Å². The highest BCUT2D eigenvalue weighted by molar-refractivity contribution is 5.70. The van der Waals surface area contributed by atoms with Crippen LogP contribution in [0.4, 0.5) is 8.78 Å². The van der Waals surface area contributed by atoms with Crippen molar-refractivity contribution in [3.63, 3.8) is 0 Å². The van der Waals surface area contributed by atoms with E-state index in [0.29, 0.717) is 0 Å². The first kappa shape index (κ1) is 18.6. The van der Waals surface area contributed by atoms with E-state index < -0.39 is 29.0 Å². The van der Waals surface area contributed by atoms with Crippen LogP contribution in [0.5, 0.6) is 0 Å². The number of nitriles is 1. The van der Waals surface area contributed by atoms with Gasteiger partial charge in [-0.2, -0.15) is 5.26 Å². The lowest BCUT2D eigenvalue weighted by Gasteiger charge is -2.26. The van der Waals surface area contributed by atoms with Gasteiger partial charge in [0.1, 0.15) is 0 Å². The summed E-state index contributed by atoms with van der Waals surface area (Å²) in [6.45, 7) is 1.81. The van der Waals surface area contributed by atoms with Gasteiger partial charge >= 0.3 is 11.9 Å². The Kier molecular flexibility index (Phi) is 6.64. The lowest BCUT2D eigenvalue weighted by molar-refractivity contribution is -0.143. The van der Waals surface area contributed by atoms with E-state index in [1.54, 1.807) is 6.92 Å². The number of nitrogens with zero attached hydrogens (tertiary/aromatic N) is 1. The van der Waals surface area contributed by atoms with Gasteiger partial charge in [0.05, 0.1) is 18.1 Å². The molecule has 1 aromatic rings. The van der Waals surface area contributed by atoms with Gasteiger partial charge in [0.15, 0.2) is 11.6 Å². The van der Waals surface area contributed by atoms with Crippen molar-refractivity contribution in [3.05, 3.63) is 35.4 Å². The van der Waals surface area contributed by atoms with E-state index in [1.165, 1.54) is 6.07 Å². The number of carboxylic acid groups (broad SMARTS) is 1. The van der Waals surface area contributed by atoms with E-state index in [1.807, 2.05) is 6.07 Å². The van der Waals surface area contributed by atoms with Gasteiger partial charge in [-0.25, -0.2) is 8.78 Å². The molecular formula is C16H17F2NO4. The standard InChI is InChI=1S/C16H17F2NO4/c1-2-23-15(22)6-8-16(10-19,7-5-14(20)21)11-3-4-12(17)13(18)9-11/h3-4,9H,2,5-8H2,1H3,(H,20,21). The third-order valence-electron chi connectivity index (χ3n) is 3.51. The molecule has 0 aromatic heterocycles. The maximum absolute atomic E-state index is 13.5. The number of halogens is 2. The minimum atomic E-state index is -1.40. The second-order valence-electron chi connectivity index (χ2n) is 5.02. The predicted molar refractivity (Wildman–Crippen MR) is 76.4 cm³/mol. The van der Waals surface area contributed by atoms with Crippen LogP contribution in [0.3, 0.4) is 0 Å². The Bertz CT molecular complexity index is 627. The zero-order valence-corrected chi connectivity index (χ0v) is 12.6. The summed E-state index contributed by atoms with van der Waals surface area (Å²) in [5.41, 5.74) is -1.26. The van der Waals surface area contributed by atoms with Gasteiger partial charge in [0.2, 0.25) is 0 Å². The second-order valence-corrected chi connectivity index (χ2v) is 5.02. The molecule has 0 fully saturated rings. The highest BCUT2D eigenvalue weighted by Gasteiger charge is 2.34. The normalized spacial score (nSPS) is 13.0. The molecule has 1 unspecified atom stereocenters. The van der Waals surface area contributed by atoms with Crippen molar-refractivity contribution in [2.24, 2.45) is 0 Å². The topological polar surface area (TPSA) is 87.4 Å². The number of carboxylic acids is 1. The molecule has 1 N–H and O–H groups in total. The van der Waals surface area contributed by atoms with Crippen LogP contribution in [-0.4, -0.2) is 23.7 Å². The first-order valence-electron chi connectivity index (χ1n) is 7.09. The maximum Gasteiger partial charge on any atom is 0.305 e. The molecule has 0 amide bonds. The van der Waals surface area contributed by atoms with Gasteiger partial charge in [0.25, 0.3) is 0 Å². The molecule has 0 radical (unpaired) electrons. The minimum Gasteiger partial charge on any atom is -0.481 e. The number of rotatable bonds is 8. The number of esters is 1. The molecule has 0 aliphatic rings. The van der Waals surface area contributed by atoms with Crippen molar-refractivity contribution in [3.8, 4) is 6.07 Å². The van der Waals surface area contributed by atoms with Gasteiger partial charge in [-0.1, -0.05) is 6.07 Å². The van der Waals surface area contributed by atoms with Crippen LogP contribution in [-0.2, 0) is 19.7 Å². The monoisotopic (exact) mass is 325 g/mol. The van der Waals surface area contributed by atoms with Crippen LogP contribution >= 0.6 is 0 Å². The van der Waals surface area contributed by atoms with Crippen molar-refractivity contribution in [2.45, 2.75) is 38.0 Å². The van der Waals surface area contributed by atoms with Gasteiger partial charge in [0, 0.05) is 12.8 Å². The first-order valence-corrected chi connectivity index (χ1v) is 7.09. The molecule has 0 spiro atoms. The summed E-state index contributed by atoms with van der Waals surface area (Å²) in [7, 11) is 0. The molecule has 1 aromatic carbocycles. The predicted octanol–water partition coefficient (Wildman–Crippen LogP) is 2.93. The number of benzene rings is 1. The Hall–Kier alpha value is -2.49.